The molecule has 0 bridgehead atoms. The molecule has 14 heavy (non-hydrogen) atoms. The van der Waals surface area contributed by atoms with Gasteiger partial charge in [0.15, 0.2) is 0 Å². The van der Waals surface area contributed by atoms with Gasteiger partial charge < -0.3 is 4.74 Å². The lowest BCUT2D eigenvalue weighted by molar-refractivity contribution is -0.0687. The van der Waals surface area contributed by atoms with Crippen LogP contribution in [0.25, 0.3) is 0 Å². The lowest BCUT2D eigenvalue weighted by atomic mass is 9.82. The average Bonchev–Trinajstić information content (AvgIpc) is 2.20. The van der Waals surface area contributed by atoms with Crippen molar-refractivity contribution in [2.45, 2.75) is 63.9 Å². The Morgan fingerprint density at radius 1 is 1.29 bits per heavy atom. The van der Waals surface area contributed by atoms with Gasteiger partial charge in [0.1, 0.15) is 0 Å². The topological polar surface area (TPSA) is 9.23 Å². The number of ether oxygens (including phenoxy) is 1. The molecule has 0 spiro atoms. The van der Waals surface area contributed by atoms with Gasteiger partial charge in [-0.2, -0.15) is 0 Å². The van der Waals surface area contributed by atoms with Crippen LogP contribution in [0.5, 0.6) is 0 Å². The van der Waals surface area contributed by atoms with Crippen molar-refractivity contribution in [3.05, 3.63) is 12.7 Å². The number of rotatable bonds is 6. The first-order valence-corrected chi connectivity index (χ1v) is 6.08. The van der Waals surface area contributed by atoms with Crippen LogP contribution < -0.4 is 0 Å². The zero-order chi connectivity index (χ0) is 10.3. The summed E-state index contributed by atoms with van der Waals surface area (Å²) >= 11 is 0. The van der Waals surface area contributed by atoms with Crippen molar-refractivity contribution in [1.29, 1.82) is 0 Å². The van der Waals surface area contributed by atoms with E-state index in [2.05, 4.69) is 13.5 Å². The summed E-state index contributed by atoms with van der Waals surface area (Å²) in [7, 11) is 0. The minimum Gasteiger partial charge on any atom is -0.375 e. The zero-order valence-electron chi connectivity index (χ0n) is 9.56. The quantitative estimate of drug-likeness (QED) is 0.459. The van der Waals surface area contributed by atoms with E-state index in [4.69, 9.17) is 4.74 Å². The standard InChI is InChI=1S/C13H24O/c1-3-5-12-14-13(9-4-2)10-7-6-8-11-13/h4H,2-3,5-12H2,1H3. The van der Waals surface area contributed by atoms with Crippen LogP contribution in [0, 0.1) is 0 Å². The molecule has 0 aromatic carbocycles. The smallest absolute Gasteiger partial charge is 0.0716 e. The van der Waals surface area contributed by atoms with Crippen LogP contribution in [0.4, 0.5) is 0 Å². The molecule has 1 rings (SSSR count). The van der Waals surface area contributed by atoms with E-state index >= 15 is 0 Å². The Balaban J connectivity index is 2.38. The van der Waals surface area contributed by atoms with Gasteiger partial charge in [0, 0.05) is 6.61 Å². The molecule has 0 atom stereocenters. The normalized spacial score (nSPS) is 20.6. The van der Waals surface area contributed by atoms with Crippen molar-refractivity contribution in [2.75, 3.05) is 6.61 Å². The summed E-state index contributed by atoms with van der Waals surface area (Å²) in [4.78, 5) is 0. The fourth-order valence-corrected chi connectivity index (χ4v) is 2.30. The maximum atomic E-state index is 6.08. The van der Waals surface area contributed by atoms with Crippen molar-refractivity contribution in [3.63, 3.8) is 0 Å². The average molecular weight is 196 g/mol. The highest BCUT2D eigenvalue weighted by Crippen LogP contribution is 2.34. The molecule has 1 nitrogen and oxygen atoms in total. The Labute approximate surface area is 88.5 Å². The molecule has 0 heterocycles. The van der Waals surface area contributed by atoms with Crippen LogP contribution in [-0.4, -0.2) is 12.2 Å². The maximum Gasteiger partial charge on any atom is 0.0716 e. The fraction of sp³-hybridized carbons (Fsp3) is 0.846. The summed E-state index contributed by atoms with van der Waals surface area (Å²) in [6, 6.07) is 0. The molecule has 0 N–H and O–H groups in total. The second-order valence-electron chi connectivity index (χ2n) is 4.44. The van der Waals surface area contributed by atoms with Crippen LogP contribution >= 0.6 is 0 Å². The van der Waals surface area contributed by atoms with Crippen molar-refractivity contribution in [2.24, 2.45) is 0 Å². The Bertz CT molecular complexity index is 157. The van der Waals surface area contributed by atoms with Crippen molar-refractivity contribution in [3.8, 4) is 0 Å². The Morgan fingerprint density at radius 2 is 2.00 bits per heavy atom. The van der Waals surface area contributed by atoms with Gasteiger partial charge in [0.05, 0.1) is 5.60 Å². The summed E-state index contributed by atoms with van der Waals surface area (Å²) in [6.07, 6.45) is 12.0. The third kappa shape index (κ3) is 3.45. The van der Waals surface area contributed by atoms with Crippen molar-refractivity contribution in [1.82, 2.24) is 0 Å². The largest absolute Gasteiger partial charge is 0.375 e. The third-order valence-electron chi connectivity index (χ3n) is 3.19. The summed E-state index contributed by atoms with van der Waals surface area (Å²) in [5.41, 5.74) is 0.162. The predicted octanol–water partition coefficient (Wildman–Crippen LogP) is 4.08. The monoisotopic (exact) mass is 196 g/mol. The van der Waals surface area contributed by atoms with E-state index in [1.165, 1.54) is 44.9 Å². The minimum absolute atomic E-state index is 0.162. The van der Waals surface area contributed by atoms with Crippen LogP contribution in [0.2, 0.25) is 0 Å². The van der Waals surface area contributed by atoms with Gasteiger partial charge in [-0.1, -0.05) is 38.7 Å². The molecular weight excluding hydrogens is 172 g/mol. The lowest BCUT2D eigenvalue weighted by Gasteiger charge is -2.36. The van der Waals surface area contributed by atoms with Crippen LogP contribution in [0.3, 0.4) is 0 Å². The highest BCUT2D eigenvalue weighted by atomic mass is 16.5. The first kappa shape index (κ1) is 11.8. The lowest BCUT2D eigenvalue weighted by Crippen LogP contribution is -2.34. The van der Waals surface area contributed by atoms with Gasteiger partial charge in [0.2, 0.25) is 0 Å². The molecule has 0 saturated heterocycles. The SMILES string of the molecule is C=CCC1(OCCCC)CCCCC1. The molecule has 0 unspecified atom stereocenters. The van der Waals surface area contributed by atoms with E-state index in [0.717, 1.165) is 13.0 Å². The van der Waals surface area contributed by atoms with E-state index in [9.17, 15) is 0 Å². The Hall–Kier alpha value is -0.300. The molecule has 1 aliphatic rings. The molecule has 1 heteroatoms. The zero-order valence-corrected chi connectivity index (χ0v) is 9.56. The van der Waals surface area contributed by atoms with E-state index in [-0.39, 0.29) is 5.60 Å². The van der Waals surface area contributed by atoms with Gasteiger partial charge in [-0.15, -0.1) is 6.58 Å². The Morgan fingerprint density at radius 3 is 2.57 bits per heavy atom. The third-order valence-corrected chi connectivity index (χ3v) is 3.19. The molecular formula is C13H24O. The number of hydrogen-bond donors (Lipinski definition) is 0. The molecule has 0 radical (unpaired) electrons. The van der Waals surface area contributed by atoms with Crippen LogP contribution in [0.15, 0.2) is 12.7 Å². The number of hydrogen-bond acceptors (Lipinski definition) is 1. The molecule has 1 fully saturated rings. The summed E-state index contributed by atoms with van der Waals surface area (Å²) in [5, 5.41) is 0. The molecule has 82 valence electrons. The maximum absolute atomic E-state index is 6.08. The second-order valence-corrected chi connectivity index (χ2v) is 4.44. The van der Waals surface area contributed by atoms with Gasteiger partial charge in [-0.25, -0.2) is 0 Å². The van der Waals surface area contributed by atoms with Gasteiger partial charge in [-0.3, -0.25) is 0 Å². The summed E-state index contributed by atoms with van der Waals surface area (Å²) < 4.78 is 6.08. The van der Waals surface area contributed by atoms with E-state index < -0.39 is 0 Å². The molecule has 1 saturated carbocycles. The molecule has 0 aliphatic heterocycles. The molecule has 0 amide bonds. The highest BCUT2D eigenvalue weighted by molar-refractivity contribution is 4.90. The molecule has 0 aromatic heterocycles. The summed E-state index contributed by atoms with van der Waals surface area (Å²) in [6.45, 7) is 7.00. The number of unbranched alkanes of at least 4 members (excludes halogenated alkanes) is 1. The van der Waals surface area contributed by atoms with Gasteiger partial charge in [-0.05, 0) is 25.7 Å². The molecule has 1 aliphatic carbocycles. The van der Waals surface area contributed by atoms with Crippen LogP contribution in [0.1, 0.15) is 58.3 Å². The Kier molecular flexibility index (Phi) is 5.24. The van der Waals surface area contributed by atoms with E-state index in [1.54, 1.807) is 0 Å². The first-order chi connectivity index (χ1) is 6.83. The first-order valence-electron chi connectivity index (χ1n) is 6.08. The second kappa shape index (κ2) is 6.23. The van der Waals surface area contributed by atoms with Gasteiger partial charge in [0.25, 0.3) is 0 Å². The highest BCUT2D eigenvalue weighted by Gasteiger charge is 2.31. The molecule has 0 aromatic rings. The van der Waals surface area contributed by atoms with Crippen LogP contribution in [-0.2, 0) is 4.74 Å². The van der Waals surface area contributed by atoms with Crippen molar-refractivity contribution < 1.29 is 4.74 Å². The van der Waals surface area contributed by atoms with E-state index in [0.29, 0.717) is 0 Å². The van der Waals surface area contributed by atoms with E-state index in [1.807, 2.05) is 6.08 Å². The van der Waals surface area contributed by atoms with Gasteiger partial charge >= 0.3 is 0 Å². The van der Waals surface area contributed by atoms with Crippen molar-refractivity contribution >= 4 is 0 Å². The minimum atomic E-state index is 0.162. The predicted molar refractivity (Wildman–Crippen MR) is 61.5 cm³/mol. The fourth-order valence-electron chi connectivity index (χ4n) is 2.30. The summed E-state index contributed by atoms with van der Waals surface area (Å²) in [5.74, 6) is 0.